The van der Waals surface area contributed by atoms with E-state index in [1.165, 1.54) is 0 Å². The molecule has 0 rings (SSSR count). The first-order chi connectivity index (χ1) is 10.4. The van der Waals surface area contributed by atoms with E-state index >= 15 is 0 Å². The van der Waals surface area contributed by atoms with Crippen LogP contribution in [0.4, 0.5) is 0 Å². The van der Waals surface area contributed by atoms with Crippen LogP contribution in [-0.2, 0) is 9.59 Å². The first-order valence-corrected chi connectivity index (χ1v) is 7.91. The molecule has 0 aromatic heterocycles. The van der Waals surface area contributed by atoms with Crippen molar-refractivity contribution >= 4 is 11.9 Å². The molecule has 0 aliphatic rings. The van der Waals surface area contributed by atoms with Gasteiger partial charge < -0.3 is 15.5 Å². The van der Waals surface area contributed by atoms with E-state index in [9.17, 15) is 14.7 Å². The van der Waals surface area contributed by atoms with Crippen LogP contribution in [0.25, 0.3) is 0 Å². The van der Waals surface area contributed by atoms with Gasteiger partial charge in [0.05, 0.1) is 6.10 Å². The second-order valence-corrected chi connectivity index (χ2v) is 5.60. The van der Waals surface area contributed by atoms with Crippen molar-refractivity contribution in [3.05, 3.63) is 12.7 Å². The van der Waals surface area contributed by atoms with E-state index in [4.69, 9.17) is 5.11 Å². The van der Waals surface area contributed by atoms with Gasteiger partial charge in [0.15, 0.2) is 0 Å². The Morgan fingerprint density at radius 2 is 1.95 bits per heavy atom. The van der Waals surface area contributed by atoms with Gasteiger partial charge in [-0.15, -0.1) is 6.58 Å². The summed E-state index contributed by atoms with van der Waals surface area (Å²) in [7, 11) is 0. The van der Waals surface area contributed by atoms with E-state index in [1.807, 2.05) is 6.08 Å². The Bertz CT molecular complexity index is 345. The highest BCUT2D eigenvalue weighted by Gasteiger charge is 2.21. The summed E-state index contributed by atoms with van der Waals surface area (Å²) in [5.41, 5.74) is 0. The van der Waals surface area contributed by atoms with Crippen LogP contribution in [0.5, 0.6) is 0 Å². The summed E-state index contributed by atoms with van der Waals surface area (Å²) in [6.45, 7) is 7.90. The number of aliphatic carboxylic acids is 1. The topological polar surface area (TPSA) is 89.9 Å². The van der Waals surface area contributed by atoms with Gasteiger partial charge in [-0.05, 0) is 33.1 Å². The van der Waals surface area contributed by atoms with Crippen molar-refractivity contribution < 1.29 is 19.8 Å². The number of unbranched alkanes of at least 4 members (excludes halogenated alkanes) is 3. The molecule has 0 heterocycles. The molecule has 6 heteroatoms. The van der Waals surface area contributed by atoms with Crippen molar-refractivity contribution in [2.24, 2.45) is 0 Å². The third kappa shape index (κ3) is 10.3. The Balaban J connectivity index is 3.97. The number of aliphatic hydroxyl groups excluding tert-OH is 1. The molecule has 2 atom stereocenters. The molecular weight excluding hydrogens is 284 g/mol. The van der Waals surface area contributed by atoms with Crippen LogP contribution in [0.2, 0.25) is 0 Å². The number of nitrogens with zero attached hydrogens (tertiary/aromatic N) is 1. The molecule has 2 unspecified atom stereocenters. The number of carboxylic acid groups (broad SMARTS) is 1. The lowest BCUT2D eigenvalue weighted by Gasteiger charge is -2.27. The molecule has 0 spiro atoms. The predicted octanol–water partition coefficient (Wildman–Crippen LogP) is 1.39. The van der Waals surface area contributed by atoms with Gasteiger partial charge in [-0.3, -0.25) is 14.5 Å². The maximum absolute atomic E-state index is 11.7. The summed E-state index contributed by atoms with van der Waals surface area (Å²) in [6, 6.07) is -0.689. The van der Waals surface area contributed by atoms with Crippen LogP contribution in [-0.4, -0.2) is 58.8 Å². The quantitative estimate of drug-likeness (QED) is 0.353. The third-order valence-electron chi connectivity index (χ3n) is 3.44. The average molecular weight is 314 g/mol. The van der Waals surface area contributed by atoms with E-state index in [0.717, 1.165) is 25.7 Å². The molecule has 0 saturated carbocycles. The van der Waals surface area contributed by atoms with Gasteiger partial charge >= 0.3 is 5.97 Å². The van der Waals surface area contributed by atoms with Gasteiger partial charge in [0, 0.05) is 26.1 Å². The van der Waals surface area contributed by atoms with E-state index in [-0.39, 0.29) is 12.5 Å². The number of rotatable bonds is 13. The Morgan fingerprint density at radius 1 is 1.27 bits per heavy atom. The van der Waals surface area contributed by atoms with E-state index in [1.54, 1.807) is 18.7 Å². The highest BCUT2D eigenvalue weighted by atomic mass is 16.4. The molecule has 0 aliphatic heterocycles. The summed E-state index contributed by atoms with van der Waals surface area (Å²) in [5.74, 6) is -0.951. The fourth-order valence-electron chi connectivity index (χ4n) is 2.12. The third-order valence-corrected chi connectivity index (χ3v) is 3.44. The number of hydrogen-bond donors (Lipinski definition) is 3. The van der Waals surface area contributed by atoms with Crippen molar-refractivity contribution in [1.29, 1.82) is 0 Å². The minimum atomic E-state index is -0.936. The Kier molecular flexibility index (Phi) is 11.4. The first-order valence-electron chi connectivity index (χ1n) is 7.91. The van der Waals surface area contributed by atoms with Crippen molar-refractivity contribution in [2.75, 3.05) is 19.6 Å². The summed E-state index contributed by atoms with van der Waals surface area (Å²) in [6.07, 6.45) is 5.63. The minimum Gasteiger partial charge on any atom is -0.480 e. The molecule has 1 amide bonds. The van der Waals surface area contributed by atoms with Crippen molar-refractivity contribution in [3.8, 4) is 0 Å². The molecule has 0 radical (unpaired) electrons. The predicted molar refractivity (Wildman–Crippen MR) is 86.6 cm³/mol. The number of amides is 1. The van der Waals surface area contributed by atoms with E-state index < -0.39 is 18.1 Å². The Morgan fingerprint density at radius 3 is 2.50 bits per heavy atom. The summed E-state index contributed by atoms with van der Waals surface area (Å²) >= 11 is 0. The second-order valence-electron chi connectivity index (χ2n) is 5.60. The second kappa shape index (κ2) is 12.2. The highest BCUT2D eigenvalue weighted by molar-refractivity contribution is 5.75. The van der Waals surface area contributed by atoms with Gasteiger partial charge in [0.1, 0.15) is 6.04 Å². The fraction of sp³-hybridized carbons (Fsp3) is 0.750. The smallest absolute Gasteiger partial charge is 0.320 e. The maximum atomic E-state index is 11.7. The van der Waals surface area contributed by atoms with Crippen molar-refractivity contribution in [1.82, 2.24) is 10.2 Å². The molecule has 3 N–H and O–H groups in total. The molecular formula is C16H30N2O4. The fourth-order valence-corrected chi connectivity index (χ4v) is 2.12. The first kappa shape index (κ1) is 20.6. The van der Waals surface area contributed by atoms with E-state index in [0.29, 0.717) is 19.5 Å². The average Bonchev–Trinajstić information content (AvgIpc) is 2.44. The zero-order valence-electron chi connectivity index (χ0n) is 13.8. The number of hydrogen-bond acceptors (Lipinski definition) is 4. The van der Waals surface area contributed by atoms with Crippen molar-refractivity contribution in [3.63, 3.8) is 0 Å². The van der Waals surface area contributed by atoms with Crippen LogP contribution in [0.15, 0.2) is 12.7 Å². The van der Waals surface area contributed by atoms with Crippen LogP contribution < -0.4 is 5.32 Å². The van der Waals surface area contributed by atoms with Crippen LogP contribution >= 0.6 is 0 Å². The monoisotopic (exact) mass is 314 g/mol. The molecule has 0 aromatic carbocycles. The normalized spacial score (nSPS) is 13.6. The minimum absolute atomic E-state index is 0.0152. The molecule has 0 fully saturated rings. The number of aliphatic hydroxyl groups is 1. The standard InChI is InChI=1S/C16H30N2O4/c1-4-5-6-7-8-9-15(20)17-10-11-18(12-13(2)19)14(3)16(21)22/h4,13-14,19H,1,5-12H2,2-3H3,(H,17,20)(H,21,22). The lowest BCUT2D eigenvalue weighted by atomic mass is 10.1. The SMILES string of the molecule is C=CCCCCCC(=O)NCCN(CC(C)O)C(C)C(=O)O. The van der Waals surface area contributed by atoms with Gasteiger partial charge in [-0.25, -0.2) is 0 Å². The lowest BCUT2D eigenvalue weighted by Crippen LogP contribution is -2.46. The Hall–Kier alpha value is -1.40. The largest absolute Gasteiger partial charge is 0.480 e. The number of carbonyl (C=O) groups is 2. The molecule has 0 aliphatic carbocycles. The summed E-state index contributed by atoms with van der Waals surface area (Å²) in [4.78, 5) is 24.3. The zero-order chi connectivity index (χ0) is 17.0. The van der Waals surface area contributed by atoms with Gasteiger partial charge in [0.2, 0.25) is 5.91 Å². The molecule has 22 heavy (non-hydrogen) atoms. The Labute approximate surface area is 133 Å². The van der Waals surface area contributed by atoms with Crippen molar-refractivity contribution in [2.45, 2.75) is 58.1 Å². The number of nitrogens with one attached hydrogen (secondary N) is 1. The zero-order valence-corrected chi connectivity index (χ0v) is 13.8. The summed E-state index contributed by atoms with van der Waals surface area (Å²) in [5, 5.41) is 21.3. The number of carbonyl (C=O) groups excluding carboxylic acids is 1. The molecule has 0 aromatic rings. The summed E-state index contributed by atoms with van der Waals surface area (Å²) < 4.78 is 0. The van der Waals surface area contributed by atoms with Crippen LogP contribution in [0.3, 0.4) is 0 Å². The maximum Gasteiger partial charge on any atom is 0.320 e. The highest BCUT2D eigenvalue weighted by Crippen LogP contribution is 2.03. The molecule has 6 nitrogen and oxygen atoms in total. The number of allylic oxidation sites excluding steroid dienone is 1. The van der Waals surface area contributed by atoms with E-state index in [2.05, 4.69) is 11.9 Å². The molecule has 128 valence electrons. The molecule has 0 saturated heterocycles. The van der Waals surface area contributed by atoms with Gasteiger partial charge in [-0.1, -0.05) is 12.5 Å². The van der Waals surface area contributed by atoms with Crippen LogP contribution in [0, 0.1) is 0 Å². The number of carboxylic acids is 1. The van der Waals surface area contributed by atoms with Gasteiger partial charge in [-0.2, -0.15) is 0 Å². The van der Waals surface area contributed by atoms with Crippen LogP contribution in [0.1, 0.15) is 46.0 Å². The lowest BCUT2D eigenvalue weighted by molar-refractivity contribution is -0.143. The molecule has 0 bridgehead atoms. The van der Waals surface area contributed by atoms with Gasteiger partial charge in [0.25, 0.3) is 0 Å².